The summed E-state index contributed by atoms with van der Waals surface area (Å²) >= 11 is 5.24. The molecular weight excluding hydrogens is 150 g/mol. The largest absolute Gasteiger partial charge is 0.333 e. The lowest BCUT2D eigenvalue weighted by molar-refractivity contribution is 0.0566. The van der Waals surface area contributed by atoms with Crippen LogP contribution in [0.15, 0.2) is 12.3 Å². The summed E-state index contributed by atoms with van der Waals surface area (Å²) in [5, 5.41) is 3.32. The predicted molar refractivity (Wildman–Crippen MR) is 28.5 cm³/mol. The lowest BCUT2D eigenvalue weighted by atomic mass is 10.7. The molecule has 0 unspecified atom stereocenters. The number of hydrogen-bond donors (Lipinski definition) is 0. The van der Waals surface area contributed by atoms with E-state index >= 15 is 0 Å². The van der Waals surface area contributed by atoms with E-state index in [-0.39, 0.29) is 5.15 Å². The minimum Gasteiger partial charge on any atom is -0.210 e. The highest BCUT2D eigenvalue weighted by Gasteiger charge is 2.04. The average molecular weight is 153 g/mol. The maximum Gasteiger partial charge on any atom is 0.333 e. The van der Waals surface area contributed by atoms with Crippen LogP contribution in [0.1, 0.15) is 6.55 Å². The van der Waals surface area contributed by atoms with E-state index in [1.165, 1.54) is 6.07 Å². The standard InChI is InChI=1S/C4H3ClF2N2/c5-3-1-2-9(8-3)4(6)7/h1-2,4H. The minimum atomic E-state index is -2.60. The monoisotopic (exact) mass is 152 g/mol. The van der Waals surface area contributed by atoms with Crippen LogP contribution in [0.4, 0.5) is 8.78 Å². The topological polar surface area (TPSA) is 17.8 Å². The maximum absolute atomic E-state index is 11.6. The maximum atomic E-state index is 11.6. The van der Waals surface area contributed by atoms with Crippen LogP contribution in [0.5, 0.6) is 0 Å². The highest BCUT2D eigenvalue weighted by Crippen LogP contribution is 2.10. The zero-order chi connectivity index (χ0) is 6.85. The third-order valence-corrected chi connectivity index (χ3v) is 0.977. The van der Waals surface area contributed by atoms with Crippen LogP contribution in [0, 0.1) is 0 Å². The molecule has 1 aromatic rings. The first-order valence-corrected chi connectivity index (χ1v) is 2.57. The van der Waals surface area contributed by atoms with E-state index in [0.717, 1.165) is 6.20 Å². The molecule has 9 heavy (non-hydrogen) atoms. The molecule has 50 valence electrons. The van der Waals surface area contributed by atoms with Crippen molar-refractivity contribution in [2.45, 2.75) is 6.55 Å². The van der Waals surface area contributed by atoms with Crippen LogP contribution in [0.25, 0.3) is 0 Å². The van der Waals surface area contributed by atoms with Gasteiger partial charge in [0.2, 0.25) is 0 Å². The lowest BCUT2D eigenvalue weighted by Gasteiger charge is -1.93. The molecule has 0 aliphatic carbocycles. The summed E-state index contributed by atoms with van der Waals surface area (Å²) in [7, 11) is 0. The number of rotatable bonds is 1. The summed E-state index contributed by atoms with van der Waals surface area (Å²) in [6.07, 6.45) is 1.12. The molecule has 1 aromatic heterocycles. The van der Waals surface area contributed by atoms with Crippen molar-refractivity contribution < 1.29 is 8.78 Å². The highest BCUT2D eigenvalue weighted by molar-refractivity contribution is 6.29. The SMILES string of the molecule is FC(F)n1ccc(Cl)n1. The zero-order valence-corrected chi connectivity index (χ0v) is 5.02. The van der Waals surface area contributed by atoms with Gasteiger partial charge >= 0.3 is 6.55 Å². The summed E-state index contributed by atoms with van der Waals surface area (Å²) < 4.78 is 23.7. The fourth-order valence-corrected chi connectivity index (χ4v) is 0.567. The van der Waals surface area contributed by atoms with Crippen molar-refractivity contribution in [3.63, 3.8) is 0 Å². The van der Waals surface area contributed by atoms with E-state index in [9.17, 15) is 8.78 Å². The van der Waals surface area contributed by atoms with Gasteiger partial charge in [-0.1, -0.05) is 11.6 Å². The van der Waals surface area contributed by atoms with Crippen LogP contribution in [-0.2, 0) is 0 Å². The fourth-order valence-electron chi connectivity index (χ4n) is 0.424. The van der Waals surface area contributed by atoms with Crippen molar-refractivity contribution in [2.75, 3.05) is 0 Å². The van der Waals surface area contributed by atoms with Crippen LogP contribution < -0.4 is 0 Å². The molecule has 2 nitrogen and oxygen atoms in total. The van der Waals surface area contributed by atoms with Gasteiger partial charge in [-0.3, -0.25) is 0 Å². The van der Waals surface area contributed by atoms with Crippen molar-refractivity contribution in [1.82, 2.24) is 9.78 Å². The quantitative estimate of drug-likeness (QED) is 0.601. The Kier molecular flexibility index (Phi) is 1.66. The summed E-state index contributed by atoms with van der Waals surface area (Å²) in [4.78, 5) is 0. The molecule has 0 spiro atoms. The van der Waals surface area contributed by atoms with Gasteiger partial charge in [-0.2, -0.15) is 13.9 Å². The Morgan fingerprint density at radius 1 is 1.67 bits per heavy atom. The highest BCUT2D eigenvalue weighted by atomic mass is 35.5. The molecule has 0 aliphatic rings. The summed E-state index contributed by atoms with van der Waals surface area (Å²) in [6, 6.07) is 1.30. The molecule has 0 atom stereocenters. The second-order valence-electron chi connectivity index (χ2n) is 1.40. The molecule has 0 saturated carbocycles. The smallest absolute Gasteiger partial charge is 0.210 e. The molecule has 0 aromatic carbocycles. The first-order chi connectivity index (χ1) is 4.20. The third-order valence-electron chi connectivity index (χ3n) is 0.776. The summed E-state index contributed by atoms with van der Waals surface area (Å²) in [6.45, 7) is -2.60. The van der Waals surface area contributed by atoms with Gasteiger partial charge in [0.15, 0.2) is 5.15 Å². The van der Waals surface area contributed by atoms with E-state index in [1.54, 1.807) is 0 Å². The fraction of sp³-hybridized carbons (Fsp3) is 0.250. The second-order valence-corrected chi connectivity index (χ2v) is 1.78. The van der Waals surface area contributed by atoms with Gasteiger partial charge in [0.1, 0.15) is 0 Å². The molecule has 5 heteroatoms. The van der Waals surface area contributed by atoms with Gasteiger partial charge < -0.3 is 0 Å². The molecular formula is C4H3ClF2N2. The van der Waals surface area contributed by atoms with Gasteiger partial charge in [0.25, 0.3) is 0 Å². The molecule has 0 saturated heterocycles. The van der Waals surface area contributed by atoms with E-state index in [0.29, 0.717) is 4.68 Å². The van der Waals surface area contributed by atoms with Crippen molar-refractivity contribution in [3.8, 4) is 0 Å². The van der Waals surface area contributed by atoms with E-state index < -0.39 is 6.55 Å². The van der Waals surface area contributed by atoms with E-state index in [2.05, 4.69) is 5.10 Å². The molecule has 0 aliphatic heterocycles. The Bertz CT molecular complexity index is 198. The van der Waals surface area contributed by atoms with Crippen molar-refractivity contribution in [3.05, 3.63) is 17.4 Å². The Hall–Kier alpha value is -0.640. The molecule has 0 radical (unpaired) electrons. The van der Waals surface area contributed by atoms with Crippen molar-refractivity contribution in [1.29, 1.82) is 0 Å². The van der Waals surface area contributed by atoms with E-state index in [4.69, 9.17) is 11.6 Å². The average Bonchev–Trinajstić information content (AvgIpc) is 2.14. The first kappa shape index (κ1) is 6.48. The van der Waals surface area contributed by atoms with Crippen molar-refractivity contribution in [2.24, 2.45) is 0 Å². The Balaban J connectivity index is 2.85. The molecule has 0 fully saturated rings. The van der Waals surface area contributed by atoms with Crippen LogP contribution in [0.3, 0.4) is 0 Å². The zero-order valence-electron chi connectivity index (χ0n) is 4.26. The summed E-state index contributed by atoms with van der Waals surface area (Å²) in [5.74, 6) is 0. The normalized spacial score (nSPS) is 10.7. The van der Waals surface area contributed by atoms with Crippen LogP contribution in [-0.4, -0.2) is 9.78 Å². The van der Waals surface area contributed by atoms with Gasteiger partial charge in [-0.15, -0.1) is 0 Å². The molecule has 1 heterocycles. The Morgan fingerprint density at radius 2 is 2.33 bits per heavy atom. The molecule has 0 N–H and O–H groups in total. The van der Waals surface area contributed by atoms with E-state index in [1.807, 2.05) is 0 Å². The first-order valence-electron chi connectivity index (χ1n) is 2.19. The van der Waals surface area contributed by atoms with Crippen LogP contribution in [0.2, 0.25) is 5.15 Å². The number of aromatic nitrogens is 2. The molecule has 0 bridgehead atoms. The Labute approximate surface area is 55.0 Å². The number of nitrogens with zero attached hydrogens (tertiary/aromatic N) is 2. The van der Waals surface area contributed by atoms with Crippen molar-refractivity contribution >= 4 is 11.6 Å². The van der Waals surface area contributed by atoms with Gasteiger partial charge in [0, 0.05) is 6.20 Å². The Morgan fingerprint density at radius 3 is 2.56 bits per heavy atom. The second kappa shape index (κ2) is 2.31. The predicted octanol–water partition coefficient (Wildman–Crippen LogP) is 1.93. The number of hydrogen-bond acceptors (Lipinski definition) is 1. The molecule has 1 rings (SSSR count). The van der Waals surface area contributed by atoms with Crippen LogP contribution >= 0.6 is 11.6 Å². The number of alkyl halides is 2. The van der Waals surface area contributed by atoms with Gasteiger partial charge in [0.05, 0.1) is 0 Å². The number of halogens is 3. The summed E-state index contributed by atoms with van der Waals surface area (Å²) in [5.41, 5.74) is 0. The molecule has 0 amide bonds. The lowest BCUT2D eigenvalue weighted by Crippen LogP contribution is -1.96. The van der Waals surface area contributed by atoms with Gasteiger partial charge in [-0.05, 0) is 6.07 Å². The third kappa shape index (κ3) is 1.38. The minimum absolute atomic E-state index is 0.0790. The van der Waals surface area contributed by atoms with Gasteiger partial charge in [-0.25, -0.2) is 4.68 Å².